The summed E-state index contributed by atoms with van der Waals surface area (Å²) in [6.07, 6.45) is 2.83. The van der Waals surface area contributed by atoms with E-state index in [1.807, 2.05) is 31.3 Å². The maximum Gasteiger partial charge on any atom is 0.0720 e. The second-order valence-electron chi connectivity index (χ2n) is 4.45. The molecule has 0 amide bonds. The molecule has 2 rings (SSSR count). The molecule has 0 spiro atoms. The van der Waals surface area contributed by atoms with E-state index in [9.17, 15) is 0 Å². The van der Waals surface area contributed by atoms with Gasteiger partial charge in [-0.1, -0.05) is 23.7 Å². The van der Waals surface area contributed by atoms with Crippen LogP contribution >= 0.6 is 11.6 Å². The Morgan fingerprint density at radius 1 is 1.31 bits per heavy atom. The number of hydrogen-bond acceptors (Lipinski definition) is 2. The van der Waals surface area contributed by atoms with Gasteiger partial charge in [0.1, 0.15) is 0 Å². The van der Waals surface area contributed by atoms with Crippen LogP contribution in [0.2, 0.25) is 5.02 Å². The molecule has 0 aromatic heterocycles. The molecule has 0 aliphatic heterocycles. The topological polar surface area (TPSA) is 21.3 Å². The Kier molecular flexibility index (Phi) is 4.22. The van der Waals surface area contributed by atoms with Crippen LogP contribution in [0.3, 0.4) is 0 Å². The standard InChI is InChI=1S/C13H18ClNO/c1-15-8-11-6-13(7-11)16-9-10-2-4-12(14)5-3-10/h2-5,11,13,15H,6-9H2,1H3. The monoisotopic (exact) mass is 239 g/mol. The zero-order valence-corrected chi connectivity index (χ0v) is 10.3. The molecule has 0 bridgehead atoms. The SMILES string of the molecule is CNCC1CC(OCc2ccc(Cl)cc2)C1. The van der Waals surface area contributed by atoms with E-state index >= 15 is 0 Å². The van der Waals surface area contributed by atoms with Crippen molar-refractivity contribution in [3.63, 3.8) is 0 Å². The lowest BCUT2D eigenvalue weighted by molar-refractivity contribution is -0.0391. The maximum absolute atomic E-state index is 5.82. The highest BCUT2D eigenvalue weighted by Gasteiger charge is 2.28. The van der Waals surface area contributed by atoms with E-state index < -0.39 is 0 Å². The molecule has 88 valence electrons. The van der Waals surface area contributed by atoms with Gasteiger partial charge in [0.15, 0.2) is 0 Å². The summed E-state index contributed by atoms with van der Waals surface area (Å²) in [6.45, 7) is 1.81. The normalized spacial score (nSPS) is 24.1. The molecule has 1 aromatic carbocycles. The predicted molar refractivity (Wildman–Crippen MR) is 66.7 cm³/mol. The molecule has 0 radical (unpaired) electrons. The Morgan fingerprint density at radius 3 is 2.62 bits per heavy atom. The van der Waals surface area contributed by atoms with Gasteiger partial charge in [-0.25, -0.2) is 0 Å². The molecule has 0 heterocycles. The molecule has 1 saturated carbocycles. The molecule has 0 unspecified atom stereocenters. The van der Waals surface area contributed by atoms with Gasteiger partial charge in [0.25, 0.3) is 0 Å². The third kappa shape index (κ3) is 3.21. The highest BCUT2D eigenvalue weighted by atomic mass is 35.5. The minimum Gasteiger partial charge on any atom is -0.374 e. The van der Waals surface area contributed by atoms with Gasteiger partial charge >= 0.3 is 0 Å². The minimum atomic E-state index is 0.453. The minimum absolute atomic E-state index is 0.453. The molecule has 1 aliphatic carbocycles. The molecule has 0 atom stereocenters. The van der Waals surface area contributed by atoms with Crippen LogP contribution in [0.4, 0.5) is 0 Å². The molecule has 0 saturated heterocycles. The van der Waals surface area contributed by atoms with Crippen molar-refractivity contribution in [1.82, 2.24) is 5.32 Å². The van der Waals surface area contributed by atoms with Crippen molar-refractivity contribution in [3.05, 3.63) is 34.9 Å². The zero-order chi connectivity index (χ0) is 11.4. The molecule has 2 nitrogen and oxygen atoms in total. The Bertz CT molecular complexity index is 319. The van der Waals surface area contributed by atoms with Crippen LogP contribution in [0.5, 0.6) is 0 Å². The Morgan fingerprint density at radius 2 is 2.00 bits per heavy atom. The quantitative estimate of drug-likeness (QED) is 0.853. The van der Waals surface area contributed by atoms with E-state index in [0.29, 0.717) is 12.7 Å². The van der Waals surface area contributed by atoms with Gasteiger partial charge in [-0.3, -0.25) is 0 Å². The van der Waals surface area contributed by atoms with E-state index in [1.165, 1.54) is 18.4 Å². The summed E-state index contributed by atoms with van der Waals surface area (Å²) in [5.41, 5.74) is 1.20. The summed E-state index contributed by atoms with van der Waals surface area (Å²) in [6, 6.07) is 7.85. The Hall–Kier alpha value is -0.570. The predicted octanol–water partition coefficient (Wildman–Crippen LogP) is 2.85. The van der Waals surface area contributed by atoms with Gasteiger partial charge in [-0.15, -0.1) is 0 Å². The van der Waals surface area contributed by atoms with Gasteiger partial charge in [0, 0.05) is 5.02 Å². The Labute approximate surface area is 102 Å². The van der Waals surface area contributed by atoms with Crippen molar-refractivity contribution in [3.8, 4) is 0 Å². The van der Waals surface area contributed by atoms with Crippen LogP contribution in [0.1, 0.15) is 18.4 Å². The molecular formula is C13H18ClNO. The van der Waals surface area contributed by atoms with Gasteiger partial charge in [-0.05, 0) is 50.0 Å². The molecule has 3 heteroatoms. The van der Waals surface area contributed by atoms with E-state index in [2.05, 4.69) is 5.32 Å². The molecular weight excluding hydrogens is 222 g/mol. The lowest BCUT2D eigenvalue weighted by Gasteiger charge is -2.35. The molecule has 1 aliphatic rings. The summed E-state index contributed by atoms with van der Waals surface area (Å²) >= 11 is 5.82. The summed E-state index contributed by atoms with van der Waals surface area (Å²) in [4.78, 5) is 0. The first-order valence-corrected chi connectivity index (χ1v) is 6.16. The lowest BCUT2D eigenvalue weighted by Crippen LogP contribution is -2.36. The van der Waals surface area contributed by atoms with Crippen molar-refractivity contribution in [1.29, 1.82) is 0 Å². The fourth-order valence-electron chi connectivity index (χ4n) is 2.06. The van der Waals surface area contributed by atoms with Gasteiger partial charge < -0.3 is 10.1 Å². The first-order chi connectivity index (χ1) is 7.78. The molecule has 16 heavy (non-hydrogen) atoms. The van der Waals surface area contributed by atoms with Crippen LogP contribution < -0.4 is 5.32 Å². The maximum atomic E-state index is 5.82. The van der Waals surface area contributed by atoms with E-state index in [-0.39, 0.29) is 0 Å². The number of hydrogen-bond donors (Lipinski definition) is 1. The number of nitrogens with one attached hydrogen (secondary N) is 1. The van der Waals surface area contributed by atoms with Crippen molar-refractivity contribution in [2.75, 3.05) is 13.6 Å². The van der Waals surface area contributed by atoms with Crippen LogP contribution in [-0.2, 0) is 11.3 Å². The summed E-state index contributed by atoms with van der Waals surface area (Å²) in [5, 5.41) is 3.98. The number of ether oxygens (including phenoxy) is 1. The molecule has 1 N–H and O–H groups in total. The van der Waals surface area contributed by atoms with E-state index in [4.69, 9.17) is 16.3 Å². The van der Waals surface area contributed by atoms with Gasteiger partial charge in [0.2, 0.25) is 0 Å². The second kappa shape index (κ2) is 5.67. The lowest BCUT2D eigenvalue weighted by atomic mass is 9.82. The first kappa shape index (κ1) is 11.9. The van der Waals surface area contributed by atoms with E-state index in [1.54, 1.807) is 0 Å². The van der Waals surface area contributed by atoms with Gasteiger partial charge in [0.05, 0.1) is 12.7 Å². The third-order valence-electron chi connectivity index (χ3n) is 3.08. The average Bonchev–Trinajstić information content (AvgIpc) is 2.24. The molecule has 1 fully saturated rings. The zero-order valence-electron chi connectivity index (χ0n) is 9.58. The van der Waals surface area contributed by atoms with Crippen LogP contribution in [-0.4, -0.2) is 19.7 Å². The third-order valence-corrected chi connectivity index (χ3v) is 3.34. The summed E-state index contributed by atoms with van der Waals surface area (Å²) < 4.78 is 5.81. The smallest absolute Gasteiger partial charge is 0.0720 e. The van der Waals surface area contributed by atoms with Gasteiger partial charge in [-0.2, -0.15) is 0 Å². The van der Waals surface area contributed by atoms with Crippen molar-refractivity contribution < 1.29 is 4.74 Å². The van der Waals surface area contributed by atoms with Crippen LogP contribution in [0, 0.1) is 5.92 Å². The van der Waals surface area contributed by atoms with Crippen molar-refractivity contribution >= 4 is 11.6 Å². The van der Waals surface area contributed by atoms with Crippen LogP contribution in [0.25, 0.3) is 0 Å². The van der Waals surface area contributed by atoms with Crippen molar-refractivity contribution in [2.24, 2.45) is 5.92 Å². The number of rotatable bonds is 5. The van der Waals surface area contributed by atoms with Crippen molar-refractivity contribution in [2.45, 2.75) is 25.6 Å². The van der Waals surface area contributed by atoms with Crippen LogP contribution in [0.15, 0.2) is 24.3 Å². The number of benzene rings is 1. The fraction of sp³-hybridized carbons (Fsp3) is 0.538. The second-order valence-corrected chi connectivity index (χ2v) is 4.89. The fourth-order valence-corrected chi connectivity index (χ4v) is 2.19. The molecule has 1 aromatic rings. The number of halogens is 1. The summed E-state index contributed by atoms with van der Waals surface area (Å²) in [5.74, 6) is 0.806. The van der Waals surface area contributed by atoms with E-state index in [0.717, 1.165) is 17.5 Å². The Balaban J connectivity index is 1.67. The largest absolute Gasteiger partial charge is 0.374 e. The first-order valence-electron chi connectivity index (χ1n) is 5.78. The highest BCUT2D eigenvalue weighted by molar-refractivity contribution is 6.30. The average molecular weight is 240 g/mol. The highest BCUT2D eigenvalue weighted by Crippen LogP contribution is 2.30. The summed E-state index contributed by atoms with van der Waals surface area (Å²) in [7, 11) is 2.00.